The number of rotatable bonds is 3. The molecule has 28 heavy (non-hydrogen) atoms. The lowest BCUT2D eigenvalue weighted by Crippen LogP contribution is -2.54. The summed E-state index contributed by atoms with van der Waals surface area (Å²) < 4.78 is 5.78. The van der Waals surface area contributed by atoms with Crippen molar-refractivity contribution < 1.29 is 14.3 Å². The van der Waals surface area contributed by atoms with E-state index in [-0.39, 0.29) is 23.8 Å². The van der Waals surface area contributed by atoms with Crippen LogP contribution in [0.25, 0.3) is 0 Å². The molecule has 5 nitrogen and oxygen atoms in total. The van der Waals surface area contributed by atoms with Crippen LogP contribution in [-0.2, 0) is 15.0 Å². The van der Waals surface area contributed by atoms with Crippen molar-refractivity contribution in [3.8, 4) is 5.75 Å². The highest BCUT2D eigenvalue weighted by Gasteiger charge is 2.41. The van der Waals surface area contributed by atoms with Crippen LogP contribution in [0.5, 0.6) is 5.75 Å². The van der Waals surface area contributed by atoms with Crippen molar-refractivity contribution in [2.45, 2.75) is 45.6 Å². The van der Waals surface area contributed by atoms with Crippen LogP contribution < -0.4 is 15.0 Å². The first-order valence-corrected chi connectivity index (χ1v) is 9.56. The van der Waals surface area contributed by atoms with Crippen molar-refractivity contribution in [2.24, 2.45) is 0 Å². The number of anilines is 2. The van der Waals surface area contributed by atoms with Gasteiger partial charge in [0, 0.05) is 10.7 Å². The minimum Gasteiger partial charge on any atom is -0.476 e. The Labute approximate surface area is 170 Å². The van der Waals surface area contributed by atoms with Gasteiger partial charge in [-0.15, -0.1) is 0 Å². The fourth-order valence-electron chi connectivity index (χ4n) is 3.10. The molecule has 3 rings (SSSR count). The molecule has 0 unspecified atom stereocenters. The van der Waals surface area contributed by atoms with Gasteiger partial charge in [-0.2, -0.15) is 0 Å². The van der Waals surface area contributed by atoms with Crippen LogP contribution in [0.4, 0.5) is 11.4 Å². The van der Waals surface area contributed by atoms with Gasteiger partial charge in [0.2, 0.25) is 5.91 Å². The lowest BCUT2D eigenvalue weighted by Gasteiger charge is -2.38. The third kappa shape index (κ3) is 4.14. The highest BCUT2D eigenvalue weighted by atomic mass is 35.5. The van der Waals surface area contributed by atoms with Crippen LogP contribution in [0.3, 0.4) is 0 Å². The highest BCUT2D eigenvalue weighted by molar-refractivity contribution is 6.31. The Morgan fingerprint density at radius 3 is 2.39 bits per heavy atom. The van der Waals surface area contributed by atoms with Gasteiger partial charge in [0.1, 0.15) is 12.3 Å². The predicted octanol–water partition coefficient (Wildman–Crippen LogP) is 4.78. The van der Waals surface area contributed by atoms with Crippen LogP contribution in [0.1, 0.15) is 40.2 Å². The third-order valence-corrected chi connectivity index (χ3v) is 4.91. The first kappa shape index (κ1) is 20.2. The average Bonchev–Trinajstić information content (AvgIpc) is 2.59. The van der Waals surface area contributed by atoms with E-state index in [1.807, 2.05) is 24.3 Å². The topological polar surface area (TPSA) is 58.6 Å². The number of benzene rings is 2. The summed E-state index contributed by atoms with van der Waals surface area (Å²) in [7, 11) is 0. The number of hydrogen-bond acceptors (Lipinski definition) is 3. The van der Waals surface area contributed by atoms with Crippen LogP contribution in [-0.4, -0.2) is 24.0 Å². The van der Waals surface area contributed by atoms with Crippen molar-refractivity contribution in [2.75, 3.05) is 16.8 Å². The molecule has 0 bridgehead atoms. The molecule has 6 heteroatoms. The van der Waals surface area contributed by atoms with Gasteiger partial charge in [-0.05, 0) is 55.2 Å². The van der Waals surface area contributed by atoms with Crippen LogP contribution in [0, 0.1) is 0 Å². The first-order chi connectivity index (χ1) is 13.0. The number of carbonyl (C=O) groups is 2. The number of fused-ring (bicyclic) bond motifs is 1. The third-order valence-electron chi connectivity index (χ3n) is 4.67. The largest absolute Gasteiger partial charge is 0.476 e. The fourth-order valence-corrected chi connectivity index (χ4v) is 3.26. The molecule has 0 aliphatic carbocycles. The predicted molar refractivity (Wildman–Crippen MR) is 112 cm³/mol. The van der Waals surface area contributed by atoms with Gasteiger partial charge in [0.05, 0.1) is 5.69 Å². The molecule has 0 fully saturated rings. The maximum Gasteiger partial charge on any atom is 0.271 e. The van der Waals surface area contributed by atoms with E-state index in [2.05, 4.69) is 26.1 Å². The van der Waals surface area contributed by atoms with Crippen molar-refractivity contribution >= 4 is 34.8 Å². The highest BCUT2D eigenvalue weighted by Crippen LogP contribution is 2.39. The van der Waals surface area contributed by atoms with Crippen molar-refractivity contribution in [1.82, 2.24) is 0 Å². The van der Waals surface area contributed by atoms with Crippen LogP contribution in [0.15, 0.2) is 42.5 Å². The van der Waals surface area contributed by atoms with Gasteiger partial charge in [0.15, 0.2) is 5.60 Å². The Morgan fingerprint density at radius 2 is 1.79 bits per heavy atom. The van der Waals surface area contributed by atoms with Crippen LogP contribution >= 0.6 is 11.6 Å². The zero-order chi connectivity index (χ0) is 20.7. The number of amides is 2. The standard InChI is InChI=1S/C22H25ClN2O3/c1-21(2,3)14-6-9-16(10-7-14)24-19(26)13-25-17-12-15(23)8-11-18(17)28-22(4,5)20(25)27/h6-12H,13H2,1-5H3,(H,24,26). The molecule has 2 aromatic rings. The summed E-state index contributed by atoms with van der Waals surface area (Å²) in [5.41, 5.74) is 1.34. The number of ether oxygens (including phenoxy) is 1. The number of hydrogen-bond donors (Lipinski definition) is 1. The molecule has 0 spiro atoms. The summed E-state index contributed by atoms with van der Waals surface area (Å²) in [6.07, 6.45) is 0. The Morgan fingerprint density at radius 1 is 1.14 bits per heavy atom. The molecule has 0 radical (unpaired) electrons. The average molecular weight is 401 g/mol. The summed E-state index contributed by atoms with van der Waals surface area (Å²) in [6, 6.07) is 12.8. The molecule has 0 saturated carbocycles. The quantitative estimate of drug-likeness (QED) is 0.806. The van der Waals surface area contributed by atoms with E-state index in [0.29, 0.717) is 22.1 Å². The van der Waals surface area contributed by atoms with Crippen LogP contribution in [0.2, 0.25) is 5.02 Å². The van der Waals surface area contributed by atoms with Gasteiger partial charge in [-0.25, -0.2) is 0 Å². The zero-order valence-electron chi connectivity index (χ0n) is 16.8. The molecular weight excluding hydrogens is 376 g/mol. The minimum absolute atomic E-state index is 0.0390. The molecule has 2 aromatic carbocycles. The molecule has 1 aliphatic heterocycles. The van der Waals surface area contributed by atoms with Crippen molar-refractivity contribution in [3.63, 3.8) is 0 Å². The molecular formula is C22H25ClN2O3. The maximum atomic E-state index is 12.8. The molecule has 0 atom stereocenters. The Kier molecular flexibility index (Phi) is 5.15. The van der Waals surface area contributed by atoms with E-state index in [4.69, 9.17) is 16.3 Å². The Bertz CT molecular complexity index is 914. The first-order valence-electron chi connectivity index (χ1n) is 9.18. The van der Waals surface area contributed by atoms with E-state index in [0.717, 1.165) is 0 Å². The Hall–Kier alpha value is -2.53. The SMILES string of the molecule is CC1(C)Oc2ccc(Cl)cc2N(CC(=O)Nc2ccc(C(C)(C)C)cc2)C1=O. The monoisotopic (exact) mass is 400 g/mol. The molecule has 148 valence electrons. The van der Waals surface area contributed by atoms with Gasteiger partial charge in [0.25, 0.3) is 5.91 Å². The van der Waals surface area contributed by atoms with Crippen molar-refractivity contribution in [3.05, 3.63) is 53.1 Å². The van der Waals surface area contributed by atoms with Gasteiger partial charge >= 0.3 is 0 Å². The van der Waals surface area contributed by atoms with E-state index in [1.54, 1.807) is 32.0 Å². The number of nitrogens with zero attached hydrogens (tertiary/aromatic N) is 1. The Balaban J connectivity index is 1.79. The van der Waals surface area contributed by atoms with Gasteiger partial charge in [-0.1, -0.05) is 44.5 Å². The lowest BCUT2D eigenvalue weighted by molar-refractivity contribution is -0.133. The number of carbonyl (C=O) groups excluding carboxylic acids is 2. The second kappa shape index (κ2) is 7.13. The molecule has 1 N–H and O–H groups in total. The summed E-state index contributed by atoms with van der Waals surface area (Å²) in [5.74, 6) is -0.0580. The zero-order valence-corrected chi connectivity index (χ0v) is 17.6. The second-order valence-electron chi connectivity index (χ2n) is 8.49. The summed E-state index contributed by atoms with van der Waals surface area (Å²) >= 11 is 6.08. The lowest BCUT2D eigenvalue weighted by atomic mass is 9.87. The second-order valence-corrected chi connectivity index (χ2v) is 8.93. The van der Waals surface area contributed by atoms with E-state index >= 15 is 0 Å². The van der Waals surface area contributed by atoms with E-state index in [1.165, 1.54) is 10.5 Å². The summed E-state index contributed by atoms with van der Waals surface area (Å²) in [6.45, 7) is 9.64. The molecule has 1 aliphatic rings. The molecule has 0 saturated heterocycles. The van der Waals surface area contributed by atoms with Crippen molar-refractivity contribution in [1.29, 1.82) is 0 Å². The molecule has 2 amide bonds. The summed E-state index contributed by atoms with van der Waals surface area (Å²) in [5, 5.41) is 3.32. The fraction of sp³-hybridized carbons (Fsp3) is 0.364. The van der Waals surface area contributed by atoms with Gasteiger partial charge in [-0.3, -0.25) is 14.5 Å². The smallest absolute Gasteiger partial charge is 0.271 e. The molecule has 1 heterocycles. The molecule has 0 aromatic heterocycles. The maximum absolute atomic E-state index is 12.8. The summed E-state index contributed by atoms with van der Waals surface area (Å²) in [4.78, 5) is 26.9. The minimum atomic E-state index is -1.06. The number of halogens is 1. The van der Waals surface area contributed by atoms with Gasteiger partial charge < -0.3 is 10.1 Å². The normalized spacial score (nSPS) is 15.6. The van der Waals surface area contributed by atoms with E-state index in [9.17, 15) is 9.59 Å². The number of nitrogens with one attached hydrogen (secondary N) is 1. The van der Waals surface area contributed by atoms with E-state index < -0.39 is 5.60 Å².